The molecule has 0 saturated carbocycles. The average Bonchev–Trinajstić information content (AvgIpc) is 3.35. The maximum Gasteiger partial charge on any atom is 0.343 e. The first-order chi connectivity index (χ1) is 16.3. The molecule has 3 aromatic rings. The number of aryl methyl sites for hydroxylation is 1. The van der Waals surface area contributed by atoms with E-state index in [4.69, 9.17) is 13.9 Å². The van der Waals surface area contributed by atoms with Crippen molar-refractivity contribution in [2.75, 3.05) is 7.11 Å². The number of nitrogens with zero attached hydrogens (tertiary/aromatic N) is 2. The molecular weight excluding hydrogens is 442 g/mol. The Morgan fingerprint density at radius 2 is 2.00 bits per heavy atom. The molecule has 1 amide bonds. The molecule has 10 heteroatoms. The SMILES string of the molecule is COc1cc(/C=C(\C#N)C(=O)NCc2ccco2)ccc1OC(=O)c1ccc([N+](=O)[O-])c(C)c1. The lowest BCUT2D eigenvalue weighted by molar-refractivity contribution is -0.385. The summed E-state index contributed by atoms with van der Waals surface area (Å²) in [5.74, 6) is -0.478. The summed E-state index contributed by atoms with van der Waals surface area (Å²) in [4.78, 5) is 35.2. The van der Waals surface area contributed by atoms with Crippen molar-refractivity contribution in [1.82, 2.24) is 5.32 Å². The Balaban J connectivity index is 1.76. The van der Waals surface area contributed by atoms with E-state index in [2.05, 4.69) is 5.32 Å². The van der Waals surface area contributed by atoms with Crippen molar-refractivity contribution in [3.05, 3.63) is 92.9 Å². The summed E-state index contributed by atoms with van der Waals surface area (Å²) in [6.07, 6.45) is 2.84. The molecule has 0 radical (unpaired) electrons. The van der Waals surface area contributed by atoms with E-state index in [0.29, 0.717) is 16.9 Å². The molecule has 0 aliphatic heterocycles. The summed E-state index contributed by atoms with van der Waals surface area (Å²) >= 11 is 0. The highest BCUT2D eigenvalue weighted by atomic mass is 16.6. The van der Waals surface area contributed by atoms with E-state index in [9.17, 15) is 25.0 Å². The second kappa shape index (κ2) is 10.6. The minimum absolute atomic E-state index is 0.0986. The summed E-state index contributed by atoms with van der Waals surface area (Å²) in [5.41, 5.74) is 0.675. The molecule has 0 spiro atoms. The molecule has 1 heterocycles. The lowest BCUT2D eigenvalue weighted by Gasteiger charge is -2.10. The maximum absolute atomic E-state index is 12.5. The molecule has 0 unspecified atom stereocenters. The second-order valence-electron chi connectivity index (χ2n) is 6.99. The van der Waals surface area contributed by atoms with Crippen molar-refractivity contribution in [3.8, 4) is 17.6 Å². The van der Waals surface area contributed by atoms with Gasteiger partial charge in [-0.3, -0.25) is 14.9 Å². The largest absolute Gasteiger partial charge is 0.493 e. The van der Waals surface area contributed by atoms with E-state index in [1.807, 2.05) is 6.07 Å². The summed E-state index contributed by atoms with van der Waals surface area (Å²) in [6, 6.07) is 13.6. The quantitative estimate of drug-likeness (QED) is 0.133. The van der Waals surface area contributed by atoms with Gasteiger partial charge in [0.25, 0.3) is 11.6 Å². The number of furan rings is 1. The smallest absolute Gasteiger partial charge is 0.343 e. The number of nitro benzene ring substituents is 1. The predicted octanol–water partition coefficient (Wildman–Crippen LogP) is 3.95. The van der Waals surface area contributed by atoms with Gasteiger partial charge in [0.2, 0.25) is 0 Å². The molecule has 0 aliphatic carbocycles. The zero-order valence-electron chi connectivity index (χ0n) is 18.2. The van der Waals surface area contributed by atoms with E-state index in [1.54, 1.807) is 18.2 Å². The number of ether oxygens (including phenoxy) is 2. The van der Waals surface area contributed by atoms with Gasteiger partial charge in [0.1, 0.15) is 17.4 Å². The van der Waals surface area contributed by atoms with Crippen LogP contribution in [-0.4, -0.2) is 23.9 Å². The predicted molar refractivity (Wildman–Crippen MR) is 120 cm³/mol. The first-order valence-electron chi connectivity index (χ1n) is 9.90. The molecule has 172 valence electrons. The Morgan fingerprint density at radius 3 is 2.62 bits per heavy atom. The van der Waals surface area contributed by atoms with Crippen LogP contribution in [-0.2, 0) is 11.3 Å². The third kappa shape index (κ3) is 5.66. The van der Waals surface area contributed by atoms with E-state index >= 15 is 0 Å². The van der Waals surface area contributed by atoms with Crippen molar-refractivity contribution in [1.29, 1.82) is 5.26 Å². The average molecular weight is 461 g/mol. The van der Waals surface area contributed by atoms with Gasteiger partial charge < -0.3 is 19.2 Å². The Bertz CT molecular complexity index is 1300. The number of nitro groups is 1. The fourth-order valence-electron chi connectivity index (χ4n) is 3.00. The Hall–Kier alpha value is -4.91. The van der Waals surface area contributed by atoms with Gasteiger partial charge in [-0.25, -0.2) is 4.79 Å². The maximum atomic E-state index is 12.5. The minimum atomic E-state index is -0.727. The van der Waals surface area contributed by atoms with Gasteiger partial charge in [-0.1, -0.05) is 6.07 Å². The third-order valence-electron chi connectivity index (χ3n) is 4.70. The number of amides is 1. The highest BCUT2D eigenvalue weighted by Crippen LogP contribution is 2.30. The van der Waals surface area contributed by atoms with Crippen molar-refractivity contribution in [2.45, 2.75) is 13.5 Å². The van der Waals surface area contributed by atoms with E-state index in [1.165, 1.54) is 56.7 Å². The molecule has 0 fully saturated rings. The number of hydrogen-bond acceptors (Lipinski definition) is 8. The third-order valence-corrected chi connectivity index (χ3v) is 4.70. The van der Waals surface area contributed by atoms with Gasteiger partial charge in [-0.2, -0.15) is 5.26 Å². The van der Waals surface area contributed by atoms with Gasteiger partial charge in [0, 0.05) is 11.6 Å². The number of carbonyl (C=O) groups is 2. The molecule has 34 heavy (non-hydrogen) atoms. The van der Waals surface area contributed by atoms with Crippen molar-refractivity contribution < 1.29 is 28.4 Å². The van der Waals surface area contributed by atoms with E-state index in [-0.39, 0.29) is 34.9 Å². The summed E-state index contributed by atoms with van der Waals surface area (Å²) in [6.45, 7) is 1.65. The van der Waals surface area contributed by atoms with Crippen LogP contribution in [0.25, 0.3) is 6.08 Å². The molecule has 10 nitrogen and oxygen atoms in total. The van der Waals surface area contributed by atoms with Crippen LogP contribution in [0, 0.1) is 28.4 Å². The van der Waals surface area contributed by atoms with Gasteiger partial charge in [-0.15, -0.1) is 0 Å². The fraction of sp³-hybridized carbons (Fsp3) is 0.125. The van der Waals surface area contributed by atoms with Crippen LogP contribution in [0.1, 0.15) is 27.2 Å². The van der Waals surface area contributed by atoms with Crippen LogP contribution in [0.5, 0.6) is 11.5 Å². The van der Waals surface area contributed by atoms with Crippen LogP contribution < -0.4 is 14.8 Å². The summed E-state index contributed by atoms with van der Waals surface area (Å²) in [5, 5.41) is 22.9. The molecule has 0 bridgehead atoms. The molecule has 1 aromatic heterocycles. The first-order valence-corrected chi connectivity index (χ1v) is 9.90. The summed E-state index contributed by atoms with van der Waals surface area (Å²) in [7, 11) is 1.37. The molecule has 1 N–H and O–H groups in total. The summed E-state index contributed by atoms with van der Waals surface area (Å²) < 4.78 is 15.8. The molecule has 2 aromatic carbocycles. The zero-order valence-corrected chi connectivity index (χ0v) is 18.2. The van der Waals surface area contributed by atoms with Crippen LogP contribution in [0.2, 0.25) is 0 Å². The number of benzene rings is 2. The Morgan fingerprint density at radius 1 is 1.21 bits per heavy atom. The van der Waals surface area contributed by atoms with Crippen LogP contribution in [0.3, 0.4) is 0 Å². The molecule has 3 rings (SSSR count). The molecular formula is C24H19N3O7. The van der Waals surface area contributed by atoms with Crippen LogP contribution >= 0.6 is 0 Å². The van der Waals surface area contributed by atoms with E-state index in [0.717, 1.165) is 0 Å². The van der Waals surface area contributed by atoms with Crippen LogP contribution in [0.15, 0.2) is 64.8 Å². The van der Waals surface area contributed by atoms with Crippen LogP contribution in [0.4, 0.5) is 5.69 Å². The van der Waals surface area contributed by atoms with Gasteiger partial charge in [0.15, 0.2) is 11.5 Å². The number of hydrogen-bond donors (Lipinski definition) is 1. The number of rotatable bonds is 8. The number of carbonyl (C=O) groups excluding carboxylic acids is 2. The highest BCUT2D eigenvalue weighted by molar-refractivity contribution is 6.01. The van der Waals surface area contributed by atoms with Gasteiger partial charge in [-0.05, 0) is 55.0 Å². The number of nitriles is 1. The topological polar surface area (TPSA) is 145 Å². The first kappa shape index (κ1) is 23.7. The monoisotopic (exact) mass is 461 g/mol. The van der Waals surface area contributed by atoms with E-state index < -0.39 is 16.8 Å². The fourth-order valence-corrected chi connectivity index (χ4v) is 3.00. The van der Waals surface area contributed by atoms with Gasteiger partial charge >= 0.3 is 5.97 Å². The molecule has 0 saturated heterocycles. The molecule has 0 atom stereocenters. The number of nitrogens with one attached hydrogen (secondary N) is 1. The van der Waals surface area contributed by atoms with Crippen molar-refractivity contribution in [3.63, 3.8) is 0 Å². The molecule has 0 aliphatic rings. The van der Waals surface area contributed by atoms with Gasteiger partial charge in [0.05, 0.1) is 30.4 Å². The normalized spacial score (nSPS) is 10.8. The minimum Gasteiger partial charge on any atom is -0.493 e. The zero-order chi connectivity index (χ0) is 24.7. The number of methoxy groups -OCH3 is 1. The highest BCUT2D eigenvalue weighted by Gasteiger charge is 2.17. The second-order valence-corrected chi connectivity index (χ2v) is 6.99. The Kier molecular flexibility index (Phi) is 7.41. The lowest BCUT2D eigenvalue weighted by atomic mass is 10.1. The lowest BCUT2D eigenvalue weighted by Crippen LogP contribution is -2.23. The van der Waals surface area contributed by atoms with Crippen molar-refractivity contribution >= 4 is 23.6 Å². The number of esters is 1. The van der Waals surface area contributed by atoms with Crippen molar-refractivity contribution in [2.24, 2.45) is 0 Å². The standard InChI is InChI=1S/C24H19N3O7/c1-15-10-17(6-7-20(15)27(30)31)24(29)34-21-8-5-16(12-22(21)32-2)11-18(13-25)23(28)26-14-19-4-3-9-33-19/h3-12H,14H2,1-2H3,(H,26,28)/b18-11+. The Labute approximate surface area is 194 Å².